The second-order valence-corrected chi connectivity index (χ2v) is 9.73. The molecule has 0 bridgehead atoms. The van der Waals surface area contributed by atoms with Crippen LogP contribution in [-0.2, 0) is 4.74 Å². The van der Waals surface area contributed by atoms with Crippen LogP contribution in [0.25, 0.3) is 10.1 Å². The van der Waals surface area contributed by atoms with E-state index in [4.69, 9.17) is 4.74 Å². The Kier molecular flexibility index (Phi) is 6.72. The van der Waals surface area contributed by atoms with E-state index in [9.17, 15) is 4.79 Å². The molecule has 2 heterocycles. The normalized spacial score (nSPS) is 12.8. The predicted octanol–water partition coefficient (Wildman–Crippen LogP) is 6.86. The van der Waals surface area contributed by atoms with E-state index in [2.05, 4.69) is 45.7 Å². The van der Waals surface area contributed by atoms with Gasteiger partial charge in [0.2, 0.25) is 0 Å². The van der Waals surface area contributed by atoms with Gasteiger partial charge in [-0.25, -0.2) is 4.79 Å². The fourth-order valence-electron chi connectivity index (χ4n) is 2.13. The molecule has 0 saturated heterocycles. The molecular formula is C15H18Br2O2S2. The number of carbonyl (C=O) groups is 1. The number of unbranched alkanes of at least 4 members (excludes halogenated alkanes) is 1. The standard InChI is InChI=1S/C15H18Br2O2S2/c1-3-5-6-9(4-2)8-19-15(18)11-7-10-12(20-11)14(17)21-13(10)16/h7,9H,3-6,8H2,1-2H3. The van der Waals surface area contributed by atoms with Crippen LogP contribution in [0.2, 0.25) is 0 Å². The Balaban J connectivity index is 2.00. The van der Waals surface area contributed by atoms with E-state index in [0.717, 1.165) is 30.5 Å². The Labute approximate surface area is 150 Å². The van der Waals surface area contributed by atoms with Crippen molar-refractivity contribution in [3.05, 3.63) is 18.5 Å². The topological polar surface area (TPSA) is 26.3 Å². The maximum absolute atomic E-state index is 12.2. The zero-order valence-corrected chi connectivity index (χ0v) is 16.9. The third kappa shape index (κ3) is 4.30. The van der Waals surface area contributed by atoms with E-state index in [-0.39, 0.29) is 5.97 Å². The fraction of sp³-hybridized carbons (Fsp3) is 0.533. The third-order valence-corrected chi connectivity index (χ3v) is 7.60. The number of hydrogen-bond donors (Lipinski definition) is 0. The Bertz CT molecular complexity index is 584. The molecule has 2 rings (SSSR count). The quantitative estimate of drug-likeness (QED) is 0.428. The number of halogens is 2. The van der Waals surface area contributed by atoms with Crippen molar-refractivity contribution in [1.29, 1.82) is 0 Å². The van der Waals surface area contributed by atoms with Crippen molar-refractivity contribution in [1.82, 2.24) is 0 Å². The van der Waals surface area contributed by atoms with Gasteiger partial charge in [-0.05, 0) is 50.3 Å². The Morgan fingerprint density at radius 3 is 2.67 bits per heavy atom. The molecule has 0 aliphatic carbocycles. The lowest BCUT2D eigenvalue weighted by atomic mass is 10.0. The molecule has 0 saturated carbocycles. The summed E-state index contributed by atoms with van der Waals surface area (Å²) in [6.07, 6.45) is 4.58. The van der Waals surface area contributed by atoms with Crippen LogP contribution in [0.1, 0.15) is 49.2 Å². The molecular weight excluding hydrogens is 436 g/mol. The molecule has 2 aromatic rings. The number of hydrogen-bond acceptors (Lipinski definition) is 4. The van der Waals surface area contributed by atoms with E-state index in [1.165, 1.54) is 24.2 Å². The summed E-state index contributed by atoms with van der Waals surface area (Å²) < 4.78 is 8.72. The summed E-state index contributed by atoms with van der Waals surface area (Å²) in [5, 5.41) is 1.09. The minimum Gasteiger partial charge on any atom is -0.461 e. The summed E-state index contributed by atoms with van der Waals surface area (Å²) in [6, 6.07) is 1.92. The van der Waals surface area contributed by atoms with Crippen molar-refractivity contribution in [3.63, 3.8) is 0 Å². The molecule has 0 N–H and O–H groups in total. The van der Waals surface area contributed by atoms with E-state index in [1.54, 1.807) is 11.3 Å². The number of carbonyl (C=O) groups excluding carboxylic acids is 1. The highest BCUT2D eigenvalue weighted by atomic mass is 79.9. The highest BCUT2D eigenvalue weighted by Crippen LogP contribution is 2.43. The lowest BCUT2D eigenvalue weighted by Gasteiger charge is -2.14. The highest BCUT2D eigenvalue weighted by molar-refractivity contribution is 9.12. The Morgan fingerprint density at radius 2 is 2.05 bits per heavy atom. The number of thiophene rings is 2. The maximum Gasteiger partial charge on any atom is 0.348 e. The lowest BCUT2D eigenvalue weighted by Crippen LogP contribution is -2.13. The summed E-state index contributed by atoms with van der Waals surface area (Å²) >= 11 is 10.2. The number of esters is 1. The van der Waals surface area contributed by atoms with Gasteiger partial charge in [-0.2, -0.15) is 0 Å². The molecule has 1 atom stereocenters. The van der Waals surface area contributed by atoms with Crippen molar-refractivity contribution in [2.75, 3.05) is 6.61 Å². The van der Waals surface area contributed by atoms with Gasteiger partial charge in [-0.15, -0.1) is 22.7 Å². The second-order valence-electron chi connectivity index (χ2n) is 5.02. The number of rotatable bonds is 7. The number of fused-ring (bicyclic) bond motifs is 1. The minimum atomic E-state index is -0.199. The summed E-state index contributed by atoms with van der Waals surface area (Å²) in [5.41, 5.74) is 0. The molecule has 0 amide bonds. The summed E-state index contributed by atoms with van der Waals surface area (Å²) in [6.45, 7) is 4.87. The molecule has 0 fully saturated rings. The van der Waals surface area contributed by atoms with Gasteiger partial charge in [-0.3, -0.25) is 0 Å². The van der Waals surface area contributed by atoms with Crippen LogP contribution in [0, 0.1) is 5.92 Å². The smallest absolute Gasteiger partial charge is 0.348 e. The Morgan fingerprint density at radius 1 is 1.29 bits per heavy atom. The van der Waals surface area contributed by atoms with Crippen LogP contribution in [0.5, 0.6) is 0 Å². The van der Waals surface area contributed by atoms with E-state index < -0.39 is 0 Å². The van der Waals surface area contributed by atoms with Crippen LogP contribution < -0.4 is 0 Å². The van der Waals surface area contributed by atoms with Gasteiger partial charge >= 0.3 is 5.97 Å². The molecule has 2 nitrogen and oxygen atoms in total. The summed E-state index contributed by atoms with van der Waals surface area (Å²) in [5.74, 6) is 0.280. The molecule has 116 valence electrons. The zero-order chi connectivity index (χ0) is 15.4. The largest absolute Gasteiger partial charge is 0.461 e. The Hall–Kier alpha value is 0.0900. The summed E-state index contributed by atoms with van der Waals surface area (Å²) in [4.78, 5) is 12.9. The van der Waals surface area contributed by atoms with E-state index in [1.807, 2.05) is 6.07 Å². The predicted molar refractivity (Wildman–Crippen MR) is 98.7 cm³/mol. The van der Waals surface area contributed by atoms with E-state index in [0.29, 0.717) is 17.4 Å². The molecule has 6 heteroatoms. The molecule has 21 heavy (non-hydrogen) atoms. The average Bonchev–Trinajstić information content (AvgIpc) is 3.01. The van der Waals surface area contributed by atoms with Crippen LogP contribution in [0.3, 0.4) is 0 Å². The van der Waals surface area contributed by atoms with Crippen molar-refractivity contribution in [2.24, 2.45) is 5.92 Å². The van der Waals surface area contributed by atoms with Crippen LogP contribution in [0.15, 0.2) is 13.6 Å². The van der Waals surface area contributed by atoms with Gasteiger partial charge in [0.15, 0.2) is 0 Å². The minimum absolute atomic E-state index is 0.199. The monoisotopic (exact) mass is 452 g/mol. The first-order valence-corrected chi connectivity index (χ1v) is 10.3. The molecule has 0 spiro atoms. The van der Waals surface area contributed by atoms with Gasteiger partial charge in [-0.1, -0.05) is 33.1 Å². The highest BCUT2D eigenvalue weighted by Gasteiger charge is 2.18. The van der Waals surface area contributed by atoms with Crippen LogP contribution in [-0.4, -0.2) is 12.6 Å². The molecule has 2 aromatic heterocycles. The molecule has 1 unspecified atom stereocenters. The first-order valence-electron chi connectivity index (χ1n) is 7.11. The van der Waals surface area contributed by atoms with Crippen molar-refractivity contribution < 1.29 is 9.53 Å². The van der Waals surface area contributed by atoms with Gasteiger partial charge in [0.1, 0.15) is 4.88 Å². The van der Waals surface area contributed by atoms with Gasteiger partial charge in [0, 0.05) is 5.39 Å². The zero-order valence-electron chi connectivity index (χ0n) is 12.1. The van der Waals surface area contributed by atoms with E-state index >= 15 is 0 Å². The van der Waals surface area contributed by atoms with Crippen LogP contribution in [0.4, 0.5) is 0 Å². The first kappa shape index (κ1) is 17.4. The number of ether oxygens (including phenoxy) is 1. The first-order chi connectivity index (χ1) is 10.1. The van der Waals surface area contributed by atoms with Crippen molar-refractivity contribution >= 4 is 70.6 Å². The molecule has 0 radical (unpaired) electrons. The SMILES string of the molecule is CCCCC(CC)COC(=O)c1cc2c(Br)sc(Br)c2s1. The van der Waals surface area contributed by atoms with Crippen molar-refractivity contribution in [2.45, 2.75) is 39.5 Å². The lowest BCUT2D eigenvalue weighted by molar-refractivity contribution is 0.0434. The molecule has 0 aliphatic heterocycles. The van der Waals surface area contributed by atoms with Gasteiger partial charge in [0.05, 0.1) is 18.9 Å². The maximum atomic E-state index is 12.2. The van der Waals surface area contributed by atoms with Crippen LogP contribution >= 0.6 is 54.5 Å². The average molecular weight is 454 g/mol. The summed E-state index contributed by atoms with van der Waals surface area (Å²) in [7, 11) is 0. The van der Waals surface area contributed by atoms with Gasteiger partial charge in [0.25, 0.3) is 0 Å². The third-order valence-electron chi connectivity index (χ3n) is 3.50. The molecule has 0 aromatic carbocycles. The van der Waals surface area contributed by atoms with Gasteiger partial charge < -0.3 is 4.74 Å². The second kappa shape index (κ2) is 8.09. The van der Waals surface area contributed by atoms with Crippen molar-refractivity contribution in [3.8, 4) is 0 Å². The fourth-order valence-corrected chi connectivity index (χ4v) is 6.49. The molecule has 0 aliphatic rings.